The van der Waals surface area contributed by atoms with E-state index in [4.69, 9.17) is 5.11 Å². The van der Waals surface area contributed by atoms with Crippen LogP contribution in [0.15, 0.2) is 23.8 Å². The van der Waals surface area contributed by atoms with E-state index in [0.717, 1.165) is 23.5 Å². The van der Waals surface area contributed by atoms with Gasteiger partial charge in [0.1, 0.15) is 6.54 Å². The summed E-state index contributed by atoms with van der Waals surface area (Å²) in [6.45, 7) is 4.68. The fraction of sp³-hybridized carbons (Fsp3) is 0.267. The Balaban J connectivity index is 1.67. The van der Waals surface area contributed by atoms with Crippen molar-refractivity contribution in [3.8, 4) is 11.3 Å². The maximum absolute atomic E-state index is 12.1. The molecule has 3 heterocycles. The Labute approximate surface area is 146 Å². The number of carbonyl (C=O) groups is 2. The maximum atomic E-state index is 12.1. The number of hydrogen-bond acceptors (Lipinski definition) is 6. The van der Waals surface area contributed by atoms with E-state index in [1.807, 2.05) is 23.9 Å². The van der Waals surface area contributed by atoms with Gasteiger partial charge in [-0.3, -0.25) is 14.2 Å². The molecule has 0 spiro atoms. The van der Waals surface area contributed by atoms with Crippen LogP contribution in [0.2, 0.25) is 0 Å². The third-order valence-corrected chi connectivity index (χ3v) is 4.35. The predicted octanol–water partition coefficient (Wildman–Crippen LogP) is 1.87. The fourth-order valence-electron chi connectivity index (χ4n) is 2.34. The zero-order valence-corrected chi connectivity index (χ0v) is 14.4. The number of nitrogens with zero attached hydrogens (tertiary/aromatic N) is 5. The standard InChI is InChI=1S/C15H16N6O3S/c1-3-21-9(2)10(6-16-21)12-8-25-15(17-12)18-13(22)7-20-5-4-11(19-20)14(23)24/h4-6,8H,3,7H2,1-2H3,(H,23,24)(H,17,18,22). The van der Waals surface area contributed by atoms with Gasteiger partial charge in [-0.05, 0) is 19.9 Å². The van der Waals surface area contributed by atoms with Crippen molar-refractivity contribution in [1.82, 2.24) is 24.5 Å². The Morgan fingerprint density at radius 1 is 1.40 bits per heavy atom. The summed E-state index contributed by atoms with van der Waals surface area (Å²) < 4.78 is 3.15. The number of hydrogen-bond donors (Lipinski definition) is 2. The van der Waals surface area contributed by atoms with Gasteiger partial charge in [0.2, 0.25) is 5.91 Å². The lowest BCUT2D eigenvalue weighted by molar-refractivity contribution is -0.116. The van der Waals surface area contributed by atoms with E-state index in [-0.39, 0.29) is 18.1 Å². The molecule has 3 aromatic heterocycles. The molecule has 10 heteroatoms. The maximum Gasteiger partial charge on any atom is 0.356 e. The molecule has 0 aliphatic rings. The molecule has 0 saturated heterocycles. The number of amides is 1. The van der Waals surface area contributed by atoms with Gasteiger partial charge in [-0.25, -0.2) is 9.78 Å². The zero-order valence-electron chi connectivity index (χ0n) is 13.6. The number of carboxylic acids is 1. The highest BCUT2D eigenvalue weighted by Crippen LogP contribution is 2.27. The first-order chi connectivity index (χ1) is 12.0. The lowest BCUT2D eigenvalue weighted by atomic mass is 10.2. The van der Waals surface area contributed by atoms with Gasteiger partial charge in [-0.1, -0.05) is 0 Å². The highest BCUT2D eigenvalue weighted by Gasteiger charge is 2.14. The van der Waals surface area contributed by atoms with Crippen LogP contribution in [0.3, 0.4) is 0 Å². The number of nitrogens with one attached hydrogen (secondary N) is 1. The number of aryl methyl sites for hydroxylation is 1. The minimum Gasteiger partial charge on any atom is -0.476 e. The van der Waals surface area contributed by atoms with Gasteiger partial charge in [0.25, 0.3) is 0 Å². The number of thiazole rings is 1. The first-order valence-corrected chi connectivity index (χ1v) is 8.40. The van der Waals surface area contributed by atoms with Gasteiger partial charge in [-0.2, -0.15) is 10.2 Å². The fourth-order valence-corrected chi connectivity index (χ4v) is 3.07. The van der Waals surface area contributed by atoms with E-state index in [1.54, 1.807) is 6.20 Å². The summed E-state index contributed by atoms with van der Waals surface area (Å²) >= 11 is 1.32. The van der Waals surface area contributed by atoms with Crippen molar-refractivity contribution in [3.63, 3.8) is 0 Å². The van der Waals surface area contributed by atoms with Gasteiger partial charge in [0.15, 0.2) is 10.8 Å². The second kappa shape index (κ2) is 6.85. The second-order valence-corrected chi connectivity index (χ2v) is 6.11. The minimum absolute atomic E-state index is 0.0883. The average molecular weight is 360 g/mol. The number of anilines is 1. The molecule has 0 aliphatic carbocycles. The molecule has 0 fully saturated rings. The molecule has 0 aliphatic heterocycles. The monoisotopic (exact) mass is 360 g/mol. The topological polar surface area (TPSA) is 115 Å². The summed E-state index contributed by atoms with van der Waals surface area (Å²) in [5.41, 5.74) is 2.60. The number of carbonyl (C=O) groups excluding carboxylic acids is 1. The first-order valence-electron chi connectivity index (χ1n) is 7.52. The summed E-state index contributed by atoms with van der Waals surface area (Å²) in [4.78, 5) is 27.3. The summed E-state index contributed by atoms with van der Waals surface area (Å²) in [5, 5.41) is 21.9. The third-order valence-electron chi connectivity index (χ3n) is 3.59. The highest BCUT2D eigenvalue weighted by molar-refractivity contribution is 7.14. The molecule has 1 amide bonds. The number of rotatable bonds is 6. The molecule has 130 valence electrons. The van der Waals surface area contributed by atoms with Crippen LogP contribution in [-0.2, 0) is 17.9 Å². The molecule has 0 aromatic carbocycles. The third kappa shape index (κ3) is 3.58. The van der Waals surface area contributed by atoms with Crippen LogP contribution in [0.25, 0.3) is 11.3 Å². The summed E-state index contributed by atoms with van der Waals surface area (Å²) in [6.07, 6.45) is 3.20. The normalized spacial score (nSPS) is 10.8. The van der Waals surface area contributed by atoms with Crippen molar-refractivity contribution in [2.45, 2.75) is 26.9 Å². The Hall–Kier alpha value is -3.01. The van der Waals surface area contributed by atoms with Gasteiger partial charge >= 0.3 is 5.97 Å². The van der Waals surface area contributed by atoms with Gasteiger partial charge in [0.05, 0.1) is 11.9 Å². The van der Waals surface area contributed by atoms with Crippen LogP contribution >= 0.6 is 11.3 Å². The second-order valence-electron chi connectivity index (χ2n) is 5.25. The van der Waals surface area contributed by atoms with Gasteiger partial charge in [-0.15, -0.1) is 11.3 Å². The Bertz CT molecular complexity index is 925. The van der Waals surface area contributed by atoms with Crippen molar-refractivity contribution >= 4 is 28.3 Å². The van der Waals surface area contributed by atoms with E-state index in [0.29, 0.717) is 5.13 Å². The van der Waals surface area contributed by atoms with Crippen LogP contribution in [0, 0.1) is 6.92 Å². The number of aromatic carboxylic acids is 1. The van der Waals surface area contributed by atoms with E-state index < -0.39 is 5.97 Å². The van der Waals surface area contributed by atoms with Crippen LogP contribution < -0.4 is 5.32 Å². The molecule has 25 heavy (non-hydrogen) atoms. The quantitative estimate of drug-likeness (QED) is 0.693. The van der Waals surface area contributed by atoms with E-state index >= 15 is 0 Å². The molecule has 0 bridgehead atoms. The van der Waals surface area contributed by atoms with Crippen molar-refractivity contribution < 1.29 is 14.7 Å². The van der Waals surface area contributed by atoms with Gasteiger partial charge in [0, 0.05) is 29.4 Å². The van der Waals surface area contributed by atoms with Crippen LogP contribution in [-0.4, -0.2) is 41.5 Å². The summed E-state index contributed by atoms with van der Waals surface area (Å²) in [6, 6.07) is 1.34. The zero-order chi connectivity index (χ0) is 18.0. The predicted molar refractivity (Wildman–Crippen MR) is 91.6 cm³/mol. The molecular formula is C15H16N6O3S. The molecule has 3 aromatic rings. The summed E-state index contributed by atoms with van der Waals surface area (Å²) in [7, 11) is 0. The molecule has 0 saturated carbocycles. The lowest BCUT2D eigenvalue weighted by Crippen LogP contribution is -2.19. The Kier molecular flexibility index (Phi) is 4.61. The molecule has 0 radical (unpaired) electrons. The molecular weight excluding hydrogens is 344 g/mol. The molecule has 0 atom stereocenters. The van der Waals surface area contributed by atoms with Crippen LogP contribution in [0.4, 0.5) is 5.13 Å². The Morgan fingerprint density at radius 2 is 2.20 bits per heavy atom. The minimum atomic E-state index is -1.13. The SMILES string of the molecule is CCn1ncc(-c2csc(NC(=O)Cn3ccc(C(=O)O)n3)n2)c1C. The van der Waals surface area contributed by atoms with E-state index in [9.17, 15) is 9.59 Å². The van der Waals surface area contributed by atoms with Crippen molar-refractivity contribution in [3.05, 3.63) is 35.2 Å². The first kappa shape index (κ1) is 16.8. The van der Waals surface area contributed by atoms with E-state index in [1.165, 1.54) is 28.3 Å². The highest BCUT2D eigenvalue weighted by atomic mass is 32.1. The number of aromatic nitrogens is 5. The number of carboxylic acid groups (broad SMARTS) is 1. The Morgan fingerprint density at radius 3 is 2.84 bits per heavy atom. The largest absolute Gasteiger partial charge is 0.476 e. The van der Waals surface area contributed by atoms with Crippen molar-refractivity contribution in [2.24, 2.45) is 0 Å². The van der Waals surface area contributed by atoms with Gasteiger partial charge < -0.3 is 10.4 Å². The average Bonchev–Trinajstić information content (AvgIpc) is 3.27. The summed E-state index contributed by atoms with van der Waals surface area (Å²) in [5.74, 6) is -1.46. The molecule has 2 N–H and O–H groups in total. The molecule has 0 unspecified atom stereocenters. The molecule has 3 rings (SSSR count). The van der Waals surface area contributed by atoms with Crippen LogP contribution in [0.1, 0.15) is 23.1 Å². The lowest BCUT2D eigenvalue weighted by Gasteiger charge is -2.02. The molecule has 9 nitrogen and oxygen atoms in total. The van der Waals surface area contributed by atoms with E-state index in [2.05, 4.69) is 20.5 Å². The van der Waals surface area contributed by atoms with Crippen LogP contribution in [0.5, 0.6) is 0 Å². The van der Waals surface area contributed by atoms with Crippen molar-refractivity contribution in [2.75, 3.05) is 5.32 Å². The smallest absolute Gasteiger partial charge is 0.356 e. The van der Waals surface area contributed by atoms with Crippen molar-refractivity contribution in [1.29, 1.82) is 0 Å².